The van der Waals surface area contributed by atoms with Crippen molar-refractivity contribution in [3.8, 4) is 11.5 Å². The van der Waals surface area contributed by atoms with Gasteiger partial charge in [-0.3, -0.25) is 9.59 Å². The summed E-state index contributed by atoms with van der Waals surface area (Å²) in [7, 11) is 0.979. The van der Waals surface area contributed by atoms with Crippen LogP contribution in [0, 0.1) is 0 Å². The summed E-state index contributed by atoms with van der Waals surface area (Å²) < 4.78 is 35.2. The van der Waals surface area contributed by atoms with Crippen LogP contribution in [-0.2, 0) is 21.2 Å². The summed E-state index contributed by atoms with van der Waals surface area (Å²) in [6.45, 7) is 0.00702. The summed E-state index contributed by atoms with van der Waals surface area (Å²) in [5, 5.41) is 3.28. The van der Waals surface area contributed by atoms with Gasteiger partial charge in [-0.2, -0.15) is 0 Å². The fourth-order valence-corrected chi connectivity index (χ4v) is 3.10. The van der Waals surface area contributed by atoms with E-state index in [0.717, 1.165) is 5.39 Å². The molecule has 0 atom stereocenters. The van der Waals surface area contributed by atoms with Crippen molar-refractivity contribution in [2.45, 2.75) is 12.8 Å². The Morgan fingerprint density at radius 2 is 1.81 bits per heavy atom. The fourth-order valence-electron chi connectivity index (χ4n) is 2.53. The summed E-state index contributed by atoms with van der Waals surface area (Å²) in [6.07, 6.45) is 0.297. The first-order chi connectivity index (χ1) is 12.8. The molecule has 0 aliphatic heterocycles. The van der Waals surface area contributed by atoms with Crippen LogP contribution in [0.15, 0.2) is 23.0 Å². The molecule has 0 saturated heterocycles. The van der Waals surface area contributed by atoms with Crippen LogP contribution in [0.1, 0.15) is 12.0 Å². The van der Waals surface area contributed by atoms with Crippen molar-refractivity contribution in [3.05, 3.63) is 34.1 Å². The predicted octanol–water partition coefficient (Wildman–Crippen LogP) is 0.143. The molecule has 1 aromatic carbocycles. The lowest BCUT2D eigenvalue weighted by Gasteiger charge is -2.10. The third kappa shape index (κ3) is 5.44. The number of pyridine rings is 1. The minimum absolute atomic E-state index is 0.00702. The number of carbonyl (C=O) groups excluding carboxylic acids is 1. The fraction of sp³-hybridized carbons (Fsp3) is 0.412. The highest BCUT2D eigenvalue weighted by Gasteiger charge is 2.11. The van der Waals surface area contributed by atoms with Crippen molar-refractivity contribution >= 4 is 26.8 Å². The largest absolute Gasteiger partial charge is 0.493 e. The number of amides is 1. The highest BCUT2D eigenvalue weighted by Crippen LogP contribution is 2.31. The zero-order valence-electron chi connectivity index (χ0n) is 15.4. The van der Waals surface area contributed by atoms with Gasteiger partial charge in [-0.1, -0.05) is 0 Å². The van der Waals surface area contributed by atoms with Crippen LogP contribution in [0.3, 0.4) is 0 Å². The van der Waals surface area contributed by atoms with Crippen LogP contribution in [0.4, 0.5) is 0 Å². The second-order valence-electron chi connectivity index (χ2n) is 5.79. The third-order valence-corrected chi connectivity index (χ3v) is 5.41. The summed E-state index contributed by atoms with van der Waals surface area (Å²) in [5.41, 5.74) is 0.760. The van der Waals surface area contributed by atoms with Crippen molar-refractivity contribution in [3.63, 3.8) is 0 Å². The van der Waals surface area contributed by atoms with Crippen molar-refractivity contribution in [2.75, 3.05) is 33.6 Å². The molecule has 0 unspecified atom stereocenters. The van der Waals surface area contributed by atoms with Gasteiger partial charge in [-0.05, 0) is 25.6 Å². The van der Waals surface area contributed by atoms with E-state index in [0.29, 0.717) is 22.6 Å². The number of carbonyl (C=O) groups is 1. The highest BCUT2D eigenvalue weighted by atomic mass is 32.2. The van der Waals surface area contributed by atoms with E-state index < -0.39 is 10.0 Å². The Bertz CT molecular complexity index is 984. The number of nitrogens with one attached hydrogen (secondary N) is 3. The van der Waals surface area contributed by atoms with E-state index in [1.54, 1.807) is 18.2 Å². The molecule has 10 heteroatoms. The minimum Gasteiger partial charge on any atom is -0.493 e. The van der Waals surface area contributed by atoms with Gasteiger partial charge in [0.1, 0.15) is 0 Å². The number of H-pyrrole nitrogens is 1. The van der Waals surface area contributed by atoms with Gasteiger partial charge in [-0.15, -0.1) is 0 Å². The van der Waals surface area contributed by atoms with Crippen LogP contribution >= 0.6 is 0 Å². The second kappa shape index (κ2) is 8.87. The molecule has 0 aliphatic carbocycles. The summed E-state index contributed by atoms with van der Waals surface area (Å²) in [5.74, 6) is 0.511. The van der Waals surface area contributed by atoms with Gasteiger partial charge in [0.15, 0.2) is 11.5 Å². The number of fused-ring (bicyclic) bond motifs is 1. The number of aryl methyl sites for hydroxylation is 1. The topological polar surface area (TPSA) is 127 Å². The van der Waals surface area contributed by atoms with E-state index in [4.69, 9.17) is 9.47 Å². The molecule has 0 aliphatic rings. The molecule has 1 heterocycles. The average molecular weight is 397 g/mol. The Morgan fingerprint density at radius 1 is 1.15 bits per heavy atom. The third-order valence-electron chi connectivity index (χ3n) is 4.05. The molecule has 0 spiro atoms. The molecule has 1 amide bonds. The van der Waals surface area contributed by atoms with Crippen molar-refractivity contribution in [2.24, 2.45) is 0 Å². The average Bonchev–Trinajstić information content (AvgIpc) is 2.65. The Kier molecular flexibility index (Phi) is 6.81. The zero-order chi connectivity index (χ0) is 20.0. The van der Waals surface area contributed by atoms with Gasteiger partial charge >= 0.3 is 0 Å². The lowest BCUT2D eigenvalue weighted by Crippen LogP contribution is -2.33. The van der Waals surface area contributed by atoms with Crippen LogP contribution in [0.25, 0.3) is 10.9 Å². The number of aromatic amines is 1. The Balaban J connectivity index is 2.07. The number of methoxy groups -OCH3 is 2. The molecule has 148 valence electrons. The lowest BCUT2D eigenvalue weighted by atomic mass is 10.1. The highest BCUT2D eigenvalue weighted by molar-refractivity contribution is 7.89. The molecule has 9 nitrogen and oxygen atoms in total. The number of rotatable bonds is 9. The Hall–Kier alpha value is -2.59. The molecule has 2 rings (SSSR count). The van der Waals surface area contributed by atoms with Crippen molar-refractivity contribution < 1.29 is 22.7 Å². The molecule has 0 saturated carbocycles. The molecule has 3 N–H and O–H groups in total. The first kappa shape index (κ1) is 20.7. The van der Waals surface area contributed by atoms with Crippen LogP contribution in [0.5, 0.6) is 11.5 Å². The number of aromatic nitrogens is 1. The van der Waals surface area contributed by atoms with E-state index >= 15 is 0 Å². The zero-order valence-corrected chi connectivity index (χ0v) is 16.2. The standard InChI is InChI=1S/C17H23N3O6S/c1-18-27(23,24)7-6-19-16(21)5-4-11-8-12-9-14(25-2)15(26-3)10-13(12)20-17(11)22/h8-10,18H,4-7H2,1-3H3,(H,19,21)(H,20,22). The second-order valence-corrected chi connectivity index (χ2v) is 7.84. The van der Waals surface area contributed by atoms with Gasteiger partial charge in [0.05, 0.1) is 25.5 Å². The number of ether oxygens (including phenoxy) is 2. The smallest absolute Gasteiger partial charge is 0.251 e. The number of benzene rings is 1. The van der Waals surface area contributed by atoms with Gasteiger partial charge in [0.25, 0.3) is 5.56 Å². The van der Waals surface area contributed by atoms with Crippen molar-refractivity contribution in [1.29, 1.82) is 0 Å². The monoisotopic (exact) mass is 397 g/mol. The van der Waals surface area contributed by atoms with E-state index in [-0.39, 0.29) is 36.6 Å². The number of hydrogen-bond donors (Lipinski definition) is 3. The van der Waals surface area contributed by atoms with E-state index in [2.05, 4.69) is 15.0 Å². The molecular formula is C17H23N3O6S. The Labute approximate surface area is 157 Å². The van der Waals surface area contributed by atoms with Gasteiger partial charge in [0.2, 0.25) is 15.9 Å². The maximum atomic E-state index is 12.2. The number of sulfonamides is 1. The molecule has 2 aromatic rings. The molecule has 0 radical (unpaired) electrons. The van der Waals surface area contributed by atoms with Crippen LogP contribution in [0.2, 0.25) is 0 Å². The maximum Gasteiger partial charge on any atom is 0.251 e. The number of hydrogen-bond acceptors (Lipinski definition) is 6. The Morgan fingerprint density at radius 3 is 2.44 bits per heavy atom. The first-order valence-electron chi connectivity index (χ1n) is 8.25. The van der Waals surface area contributed by atoms with Gasteiger partial charge in [-0.25, -0.2) is 13.1 Å². The molecule has 27 heavy (non-hydrogen) atoms. The predicted molar refractivity (Wildman–Crippen MR) is 102 cm³/mol. The van der Waals surface area contributed by atoms with Gasteiger partial charge < -0.3 is 19.8 Å². The maximum absolute atomic E-state index is 12.2. The quantitative estimate of drug-likeness (QED) is 0.553. The minimum atomic E-state index is -3.37. The van der Waals surface area contributed by atoms with Crippen molar-refractivity contribution in [1.82, 2.24) is 15.0 Å². The molecular weight excluding hydrogens is 374 g/mol. The molecule has 1 aromatic heterocycles. The first-order valence-corrected chi connectivity index (χ1v) is 9.90. The summed E-state index contributed by atoms with van der Waals surface area (Å²) in [4.78, 5) is 26.9. The van der Waals surface area contributed by atoms with E-state index in [9.17, 15) is 18.0 Å². The SMILES string of the molecule is CNS(=O)(=O)CCNC(=O)CCc1cc2cc(OC)c(OC)cc2[nH]c1=O. The van der Waals surface area contributed by atoms with Crippen LogP contribution < -0.4 is 25.1 Å². The lowest BCUT2D eigenvalue weighted by molar-refractivity contribution is -0.120. The summed E-state index contributed by atoms with van der Waals surface area (Å²) in [6, 6.07) is 5.12. The van der Waals surface area contributed by atoms with Crippen LogP contribution in [-0.4, -0.2) is 52.9 Å². The molecule has 0 fully saturated rings. The summed E-state index contributed by atoms with van der Waals surface area (Å²) >= 11 is 0. The molecule has 0 bridgehead atoms. The van der Waals surface area contributed by atoms with Gasteiger partial charge in [0, 0.05) is 30.0 Å². The normalized spacial score (nSPS) is 11.4. The van der Waals surface area contributed by atoms with E-state index in [1.807, 2.05) is 0 Å². The van der Waals surface area contributed by atoms with E-state index in [1.165, 1.54) is 21.3 Å².